The minimum absolute atomic E-state index is 0.547. The fourth-order valence-corrected chi connectivity index (χ4v) is 3.14. The first-order chi connectivity index (χ1) is 17.0. The summed E-state index contributed by atoms with van der Waals surface area (Å²) in [5.41, 5.74) is 5.59. The highest BCUT2D eigenvalue weighted by Crippen LogP contribution is 2.29. The van der Waals surface area contributed by atoms with Gasteiger partial charge in [-0.15, -0.1) is 0 Å². The highest BCUT2D eigenvalue weighted by Gasteiger charge is 2.52. The molecule has 212 valence electrons. The van der Waals surface area contributed by atoms with E-state index in [0.717, 1.165) is 27.9 Å². The zero-order chi connectivity index (χ0) is 28.5. The number of nitrogens with two attached hydrogens (primary N) is 1. The number of halogens is 3. The van der Waals surface area contributed by atoms with Gasteiger partial charge in [-0.25, -0.2) is 4.79 Å². The molecular formula is C19H27Cl3N2O13. The molecule has 0 aromatic carbocycles. The lowest BCUT2D eigenvalue weighted by atomic mass is 9.96. The number of aliphatic hydroxyl groups excluding tert-OH is 1. The standard InChI is InChI=1S/C19H27Cl3N2O13/c1-7(25)32-5-10-13(34-8(2)26)14(35-9(3)27)12(24-18(30)33-6-19(20,21)22)17(36-10)37-16(29)11(23)15(28)31-4/h10-14,16-17,29H,5-6,23H2,1-4H3,(H,24,30)/t10-,11-,12-,13-,14-,16?,17+/m1/s1. The van der Waals surface area contributed by atoms with Crippen LogP contribution in [0.5, 0.6) is 0 Å². The number of esters is 4. The van der Waals surface area contributed by atoms with E-state index in [4.69, 9.17) is 69.0 Å². The van der Waals surface area contributed by atoms with Crippen molar-refractivity contribution in [3.05, 3.63) is 0 Å². The number of aliphatic hydroxyl groups is 1. The summed E-state index contributed by atoms with van der Waals surface area (Å²) in [6.45, 7) is 1.88. The van der Waals surface area contributed by atoms with Crippen LogP contribution < -0.4 is 11.1 Å². The third-order valence-corrected chi connectivity index (χ3v) is 4.73. The molecular weight excluding hydrogens is 571 g/mol. The fraction of sp³-hybridized carbons (Fsp3) is 0.737. The van der Waals surface area contributed by atoms with Gasteiger partial charge in [0.25, 0.3) is 0 Å². The number of hydrogen-bond donors (Lipinski definition) is 3. The molecule has 1 heterocycles. The van der Waals surface area contributed by atoms with Crippen LogP contribution in [-0.2, 0) is 52.3 Å². The summed E-state index contributed by atoms with van der Waals surface area (Å²) in [4.78, 5) is 59.2. The van der Waals surface area contributed by atoms with Gasteiger partial charge in [-0.3, -0.25) is 19.2 Å². The Morgan fingerprint density at radius 3 is 2.05 bits per heavy atom. The summed E-state index contributed by atoms with van der Waals surface area (Å²) in [6, 6.07) is -3.33. The number of alkyl halides is 3. The molecule has 4 N–H and O–H groups in total. The Labute approximate surface area is 225 Å². The van der Waals surface area contributed by atoms with E-state index in [1.165, 1.54) is 0 Å². The van der Waals surface area contributed by atoms with Crippen LogP contribution in [0.1, 0.15) is 20.8 Å². The highest BCUT2D eigenvalue weighted by molar-refractivity contribution is 6.67. The van der Waals surface area contributed by atoms with Crippen molar-refractivity contribution in [3.8, 4) is 0 Å². The molecule has 18 heteroatoms. The van der Waals surface area contributed by atoms with Crippen molar-refractivity contribution in [2.45, 2.75) is 67.5 Å². The van der Waals surface area contributed by atoms with Crippen LogP contribution in [0.15, 0.2) is 0 Å². The van der Waals surface area contributed by atoms with Crippen molar-refractivity contribution >= 4 is 64.8 Å². The lowest BCUT2D eigenvalue weighted by molar-refractivity contribution is -0.311. The van der Waals surface area contributed by atoms with E-state index in [2.05, 4.69) is 10.1 Å². The molecule has 1 aliphatic heterocycles. The zero-order valence-electron chi connectivity index (χ0n) is 20.0. The SMILES string of the molecule is COC(=O)[C@@H](N)C(O)O[C@@H]1O[C@H](COC(C)=O)[C@@H](OC(C)=O)[C@H](OC(C)=O)[C@H]1NC(=O)OCC(Cl)(Cl)Cl. The molecule has 1 saturated heterocycles. The first-order valence-electron chi connectivity index (χ1n) is 10.4. The number of alkyl carbamates (subject to hydrolysis) is 1. The van der Waals surface area contributed by atoms with Crippen LogP contribution in [0.4, 0.5) is 4.79 Å². The van der Waals surface area contributed by atoms with Crippen LogP contribution in [0.3, 0.4) is 0 Å². The number of carbonyl (C=O) groups excluding carboxylic acids is 5. The third-order valence-electron chi connectivity index (χ3n) is 4.41. The molecule has 0 radical (unpaired) electrons. The molecule has 0 aromatic rings. The van der Waals surface area contributed by atoms with Crippen LogP contribution in [0, 0.1) is 0 Å². The Kier molecular flexibility index (Phi) is 13.1. The molecule has 1 rings (SSSR count). The normalized spacial score (nSPS) is 25.2. The van der Waals surface area contributed by atoms with E-state index in [-0.39, 0.29) is 0 Å². The minimum Gasteiger partial charge on any atom is -0.468 e. The van der Waals surface area contributed by atoms with Gasteiger partial charge in [-0.1, -0.05) is 34.8 Å². The lowest BCUT2D eigenvalue weighted by Gasteiger charge is -2.45. The molecule has 0 aromatic heterocycles. The summed E-state index contributed by atoms with van der Waals surface area (Å²) < 4.78 is 33.7. The monoisotopic (exact) mass is 596 g/mol. The number of methoxy groups -OCH3 is 1. The topological polar surface area (TPSA) is 208 Å². The van der Waals surface area contributed by atoms with Gasteiger partial charge >= 0.3 is 30.0 Å². The Hall–Kier alpha value is -2.14. The van der Waals surface area contributed by atoms with Crippen LogP contribution in [-0.4, -0.2) is 102 Å². The molecule has 0 spiro atoms. The third kappa shape index (κ3) is 11.4. The Morgan fingerprint density at radius 2 is 1.57 bits per heavy atom. The summed E-state index contributed by atoms with van der Waals surface area (Å²) >= 11 is 16.7. The summed E-state index contributed by atoms with van der Waals surface area (Å²) in [5, 5.41) is 12.6. The van der Waals surface area contributed by atoms with Crippen molar-refractivity contribution in [3.63, 3.8) is 0 Å². The van der Waals surface area contributed by atoms with E-state index >= 15 is 0 Å². The smallest absolute Gasteiger partial charge is 0.407 e. The fourth-order valence-electron chi connectivity index (χ4n) is 2.97. The van der Waals surface area contributed by atoms with Gasteiger partial charge in [0.1, 0.15) is 25.4 Å². The van der Waals surface area contributed by atoms with E-state index in [1.807, 2.05) is 0 Å². The molecule has 1 fully saturated rings. The summed E-state index contributed by atoms with van der Waals surface area (Å²) in [7, 11) is 1.01. The molecule has 1 aliphatic rings. The number of amides is 1. The quantitative estimate of drug-likeness (QED) is 0.125. The zero-order valence-corrected chi connectivity index (χ0v) is 22.3. The van der Waals surface area contributed by atoms with Gasteiger partial charge in [0, 0.05) is 20.8 Å². The molecule has 0 saturated carbocycles. The maximum absolute atomic E-state index is 12.4. The number of hydrogen-bond acceptors (Lipinski definition) is 14. The molecule has 0 bridgehead atoms. The Balaban J connectivity index is 3.42. The number of rotatable bonds is 10. The number of ether oxygens (including phenoxy) is 7. The second kappa shape index (κ2) is 14.7. The Morgan fingerprint density at radius 1 is 1.00 bits per heavy atom. The highest BCUT2D eigenvalue weighted by atomic mass is 35.6. The maximum Gasteiger partial charge on any atom is 0.407 e. The van der Waals surface area contributed by atoms with E-state index in [9.17, 15) is 29.1 Å². The van der Waals surface area contributed by atoms with Gasteiger partial charge in [0.05, 0.1) is 7.11 Å². The van der Waals surface area contributed by atoms with Crippen LogP contribution >= 0.6 is 34.8 Å². The molecule has 15 nitrogen and oxygen atoms in total. The van der Waals surface area contributed by atoms with Crippen molar-refractivity contribution < 1.29 is 62.2 Å². The number of nitrogens with one attached hydrogen (secondary N) is 1. The second-order valence-electron chi connectivity index (χ2n) is 7.43. The van der Waals surface area contributed by atoms with E-state index in [0.29, 0.717) is 0 Å². The second-order valence-corrected chi connectivity index (χ2v) is 9.95. The van der Waals surface area contributed by atoms with Crippen molar-refractivity contribution in [1.82, 2.24) is 5.32 Å². The van der Waals surface area contributed by atoms with Crippen LogP contribution in [0.2, 0.25) is 0 Å². The molecule has 1 unspecified atom stereocenters. The van der Waals surface area contributed by atoms with Crippen molar-refractivity contribution in [2.24, 2.45) is 5.73 Å². The minimum atomic E-state index is -2.09. The molecule has 0 aliphatic carbocycles. The van der Waals surface area contributed by atoms with Gasteiger partial charge in [-0.05, 0) is 0 Å². The lowest BCUT2D eigenvalue weighted by Crippen LogP contribution is -2.67. The van der Waals surface area contributed by atoms with Crippen molar-refractivity contribution in [1.29, 1.82) is 0 Å². The summed E-state index contributed by atoms with van der Waals surface area (Å²) in [5.74, 6) is -3.57. The summed E-state index contributed by atoms with van der Waals surface area (Å²) in [6.07, 6.45) is -9.52. The average Bonchev–Trinajstić information content (AvgIpc) is 2.77. The predicted molar refractivity (Wildman–Crippen MR) is 122 cm³/mol. The van der Waals surface area contributed by atoms with Crippen LogP contribution in [0.25, 0.3) is 0 Å². The maximum atomic E-state index is 12.4. The van der Waals surface area contributed by atoms with E-state index in [1.54, 1.807) is 0 Å². The van der Waals surface area contributed by atoms with E-state index < -0.39 is 90.0 Å². The van der Waals surface area contributed by atoms with Gasteiger partial charge in [0.2, 0.25) is 3.79 Å². The average molecular weight is 598 g/mol. The number of carbonyl (C=O) groups is 5. The first kappa shape index (κ1) is 32.9. The van der Waals surface area contributed by atoms with Gasteiger partial charge in [-0.2, -0.15) is 0 Å². The molecule has 7 atom stereocenters. The van der Waals surface area contributed by atoms with Gasteiger partial charge in [0.15, 0.2) is 30.8 Å². The molecule has 37 heavy (non-hydrogen) atoms. The largest absolute Gasteiger partial charge is 0.468 e. The van der Waals surface area contributed by atoms with Gasteiger partial charge < -0.3 is 49.3 Å². The Bertz CT molecular complexity index is 841. The molecule has 1 amide bonds. The first-order valence-corrected chi connectivity index (χ1v) is 11.5. The van der Waals surface area contributed by atoms with Crippen molar-refractivity contribution in [2.75, 3.05) is 20.3 Å². The predicted octanol–water partition coefficient (Wildman–Crippen LogP) is -0.562.